The Kier molecular flexibility index (Phi) is 4.55. The highest BCUT2D eigenvalue weighted by molar-refractivity contribution is 7.91. The molecular weight excluding hydrogens is 320 g/mol. The number of aryl methyl sites for hydroxylation is 1. The van der Waals surface area contributed by atoms with Gasteiger partial charge in [0.05, 0.1) is 12.0 Å². The highest BCUT2D eigenvalue weighted by Gasteiger charge is 2.24. The number of hydrogen-bond donors (Lipinski definition) is 1. The molecule has 23 heavy (non-hydrogen) atoms. The molecule has 8 heteroatoms. The number of rotatable bonds is 4. The lowest BCUT2D eigenvalue weighted by molar-refractivity contribution is -0.141. The zero-order valence-electron chi connectivity index (χ0n) is 12.6. The van der Waals surface area contributed by atoms with Gasteiger partial charge in [-0.1, -0.05) is 18.2 Å². The van der Waals surface area contributed by atoms with Crippen LogP contribution in [0.1, 0.15) is 5.69 Å². The van der Waals surface area contributed by atoms with Gasteiger partial charge >= 0.3 is 5.97 Å². The van der Waals surface area contributed by atoms with E-state index in [1.54, 1.807) is 18.2 Å². The van der Waals surface area contributed by atoms with Crippen molar-refractivity contribution in [3.8, 4) is 0 Å². The minimum atomic E-state index is -3.92. The number of anilines is 1. The molecule has 2 N–H and O–H groups in total. The van der Waals surface area contributed by atoms with Gasteiger partial charge in [-0.3, -0.25) is 14.2 Å². The van der Waals surface area contributed by atoms with Crippen molar-refractivity contribution in [1.29, 1.82) is 0 Å². The molecule has 0 aliphatic rings. The summed E-state index contributed by atoms with van der Waals surface area (Å²) in [6.07, 6.45) is 0. The van der Waals surface area contributed by atoms with Gasteiger partial charge in [-0.2, -0.15) is 0 Å². The van der Waals surface area contributed by atoms with E-state index in [0.717, 1.165) is 4.57 Å². The van der Waals surface area contributed by atoms with Crippen molar-refractivity contribution in [1.82, 2.24) is 4.57 Å². The van der Waals surface area contributed by atoms with Gasteiger partial charge < -0.3 is 10.5 Å². The Morgan fingerprint density at radius 1 is 1.26 bits per heavy atom. The third-order valence-electron chi connectivity index (χ3n) is 3.36. The van der Waals surface area contributed by atoms with E-state index in [-0.39, 0.29) is 16.3 Å². The van der Waals surface area contributed by atoms with E-state index < -0.39 is 27.1 Å². The number of ether oxygens (including phenoxy) is 1. The SMILES string of the molecule is COC(=O)Cn1c(C)cc(S(=O)(=O)c2ccccc2)c(N)c1=O. The van der Waals surface area contributed by atoms with E-state index in [4.69, 9.17) is 5.73 Å². The summed E-state index contributed by atoms with van der Waals surface area (Å²) in [5.41, 5.74) is 4.85. The molecule has 1 aromatic carbocycles. The summed E-state index contributed by atoms with van der Waals surface area (Å²) in [6.45, 7) is 1.19. The number of nitrogen functional groups attached to an aromatic ring is 1. The Labute approximate surface area is 133 Å². The van der Waals surface area contributed by atoms with Crippen LogP contribution in [0.2, 0.25) is 0 Å². The Morgan fingerprint density at radius 2 is 1.87 bits per heavy atom. The smallest absolute Gasteiger partial charge is 0.325 e. The molecule has 0 amide bonds. The molecule has 2 aromatic rings. The van der Waals surface area contributed by atoms with Crippen LogP contribution in [-0.4, -0.2) is 26.1 Å². The molecule has 0 fully saturated rings. The first-order valence-corrected chi connectivity index (χ1v) is 8.14. The van der Waals surface area contributed by atoms with Gasteiger partial charge in [0.1, 0.15) is 17.1 Å². The molecule has 122 valence electrons. The van der Waals surface area contributed by atoms with Gasteiger partial charge in [-0.05, 0) is 25.1 Å². The van der Waals surface area contributed by atoms with Crippen LogP contribution in [0.25, 0.3) is 0 Å². The van der Waals surface area contributed by atoms with Crippen molar-refractivity contribution in [2.24, 2.45) is 0 Å². The molecule has 0 spiro atoms. The van der Waals surface area contributed by atoms with Gasteiger partial charge in [0.15, 0.2) is 0 Å². The lowest BCUT2D eigenvalue weighted by atomic mass is 10.3. The second-order valence-electron chi connectivity index (χ2n) is 4.85. The van der Waals surface area contributed by atoms with Crippen LogP contribution in [0.3, 0.4) is 0 Å². The number of benzene rings is 1. The summed E-state index contributed by atoms with van der Waals surface area (Å²) in [5.74, 6) is -0.631. The Morgan fingerprint density at radius 3 is 2.43 bits per heavy atom. The monoisotopic (exact) mass is 336 g/mol. The van der Waals surface area contributed by atoms with Crippen LogP contribution in [0.15, 0.2) is 51.0 Å². The fourth-order valence-electron chi connectivity index (χ4n) is 2.10. The summed E-state index contributed by atoms with van der Waals surface area (Å²) in [5, 5.41) is 0. The van der Waals surface area contributed by atoms with Crippen LogP contribution in [0.5, 0.6) is 0 Å². The van der Waals surface area contributed by atoms with E-state index in [9.17, 15) is 18.0 Å². The zero-order valence-corrected chi connectivity index (χ0v) is 13.5. The number of pyridine rings is 1. The van der Waals surface area contributed by atoms with Crippen molar-refractivity contribution >= 4 is 21.5 Å². The quantitative estimate of drug-likeness (QED) is 0.825. The lowest BCUT2D eigenvalue weighted by Crippen LogP contribution is -2.30. The third kappa shape index (κ3) is 3.11. The number of aromatic nitrogens is 1. The number of nitrogens with zero attached hydrogens (tertiary/aromatic N) is 1. The van der Waals surface area contributed by atoms with Gasteiger partial charge in [-0.15, -0.1) is 0 Å². The number of nitrogens with two attached hydrogens (primary N) is 1. The topological polar surface area (TPSA) is 108 Å². The maximum absolute atomic E-state index is 12.6. The number of carbonyl (C=O) groups excluding carboxylic acids is 1. The van der Waals surface area contributed by atoms with E-state index in [2.05, 4.69) is 4.74 Å². The first kappa shape index (κ1) is 16.8. The second-order valence-corrected chi connectivity index (χ2v) is 6.77. The van der Waals surface area contributed by atoms with E-state index in [1.165, 1.54) is 32.2 Å². The molecule has 0 saturated heterocycles. The molecule has 0 bridgehead atoms. The predicted molar refractivity (Wildman–Crippen MR) is 83.8 cm³/mol. The van der Waals surface area contributed by atoms with E-state index in [1.807, 2.05) is 0 Å². The molecule has 1 heterocycles. The molecule has 7 nitrogen and oxygen atoms in total. The van der Waals surface area contributed by atoms with Crippen molar-refractivity contribution in [2.75, 3.05) is 12.8 Å². The summed E-state index contributed by atoms with van der Waals surface area (Å²) < 4.78 is 30.8. The van der Waals surface area contributed by atoms with Crippen molar-refractivity contribution in [2.45, 2.75) is 23.3 Å². The first-order chi connectivity index (χ1) is 10.8. The molecule has 0 atom stereocenters. The molecule has 0 aliphatic heterocycles. The van der Waals surface area contributed by atoms with Crippen LogP contribution >= 0.6 is 0 Å². The molecule has 0 aliphatic carbocycles. The summed E-state index contributed by atoms with van der Waals surface area (Å²) in [4.78, 5) is 23.4. The van der Waals surface area contributed by atoms with Gasteiger partial charge in [0.25, 0.3) is 5.56 Å². The lowest BCUT2D eigenvalue weighted by Gasteiger charge is -2.13. The molecule has 0 saturated carbocycles. The van der Waals surface area contributed by atoms with E-state index >= 15 is 0 Å². The van der Waals surface area contributed by atoms with Gasteiger partial charge in [-0.25, -0.2) is 8.42 Å². The minimum absolute atomic E-state index is 0.0382. The number of sulfone groups is 1. The Balaban J connectivity index is 2.63. The van der Waals surface area contributed by atoms with Crippen LogP contribution in [0.4, 0.5) is 5.69 Å². The fourth-order valence-corrected chi connectivity index (χ4v) is 3.57. The molecule has 0 unspecified atom stereocenters. The van der Waals surface area contributed by atoms with Crippen molar-refractivity contribution < 1.29 is 17.9 Å². The summed E-state index contributed by atoms with van der Waals surface area (Å²) >= 11 is 0. The number of esters is 1. The summed E-state index contributed by atoms with van der Waals surface area (Å²) in [6, 6.07) is 8.96. The van der Waals surface area contributed by atoms with Crippen LogP contribution < -0.4 is 11.3 Å². The average molecular weight is 336 g/mol. The maximum atomic E-state index is 12.6. The van der Waals surface area contributed by atoms with Gasteiger partial charge in [0, 0.05) is 5.69 Å². The van der Waals surface area contributed by atoms with Crippen molar-refractivity contribution in [3.05, 3.63) is 52.4 Å². The molecule has 1 aromatic heterocycles. The molecule has 2 rings (SSSR count). The summed E-state index contributed by atoms with van der Waals surface area (Å²) in [7, 11) is -2.73. The molecular formula is C15H16N2O5S. The van der Waals surface area contributed by atoms with Crippen LogP contribution in [0, 0.1) is 6.92 Å². The Bertz CT molecular complexity index is 901. The first-order valence-electron chi connectivity index (χ1n) is 6.66. The fraction of sp³-hybridized carbons (Fsp3) is 0.200. The van der Waals surface area contributed by atoms with Crippen molar-refractivity contribution in [3.63, 3.8) is 0 Å². The minimum Gasteiger partial charge on any atom is -0.468 e. The Hall–Kier alpha value is -2.61. The van der Waals surface area contributed by atoms with Gasteiger partial charge in [0.2, 0.25) is 9.84 Å². The number of methoxy groups -OCH3 is 1. The predicted octanol–water partition coefficient (Wildman–Crippen LogP) is 0.745. The normalized spacial score (nSPS) is 11.2. The zero-order chi connectivity index (χ0) is 17.2. The standard InChI is InChI=1S/C15H16N2O5S/c1-10-8-12(23(20,21)11-6-4-3-5-7-11)14(16)15(19)17(10)9-13(18)22-2/h3-8H,9,16H2,1-2H3. The highest BCUT2D eigenvalue weighted by Crippen LogP contribution is 2.24. The largest absolute Gasteiger partial charge is 0.468 e. The average Bonchev–Trinajstić information content (AvgIpc) is 2.55. The number of carbonyl (C=O) groups is 1. The highest BCUT2D eigenvalue weighted by atomic mass is 32.2. The maximum Gasteiger partial charge on any atom is 0.325 e. The van der Waals surface area contributed by atoms with Crippen LogP contribution in [-0.2, 0) is 25.9 Å². The molecule has 0 radical (unpaired) electrons. The third-order valence-corrected chi connectivity index (χ3v) is 5.17. The second kappa shape index (κ2) is 6.25. The van der Waals surface area contributed by atoms with E-state index in [0.29, 0.717) is 5.69 Å². The number of hydrogen-bond acceptors (Lipinski definition) is 6.